The van der Waals surface area contributed by atoms with E-state index in [1.165, 1.54) is 0 Å². The van der Waals surface area contributed by atoms with Crippen molar-refractivity contribution in [2.24, 2.45) is 10.8 Å². The molecule has 1 N–H and O–H groups in total. The zero-order valence-electron chi connectivity index (χ0n) is 10.3. The van der Waals surface area contributed by atoms with Crippen LogP contribution < -0.4 is 5.32 Å². The summed E-state index contributed by atoms with van der Waals surface area (Å²) in [5.41, 5.74) is 0.766. The van der Waals surface area contributed by atoms with E-state index in [0.717, 1.165) is 5.76 Å². The Kier molecular flexibility index (Phi) is 2.23. The lowest BCUT2D eigenvalue weighted by Crippen LogP contribution is -2.25. The van der Waals surface area contributed by atoms with E-state index in [1.54, 1.807) is 6.26 Å². The average molecular weight is 207 g/mol. The van der Waals surface area contributed by atoms with Crippen LogP contribution in [0.1, 0.15) is 46.4 Å². The van der Waals surface area contributed by atoms with Crippen LogP contribution in [-0.4, -0.2) is 6.04 Å². The highest BCUT2D eigenvalue weighted by Crippen LogP contribution is 2.63. The lowest BCUT2D eigenvalue weighted by Gasteiger charge is -2.12. The SMILES string of the molecule is CC(NC1C(C)(C)C1(C)C)c1ccco1. The van der Waals surface area contributed by atoms with Gasteiger partial charge in [0.25, 0.3) is 0 Å². The lowest BCUT2D eigenvalue weighted by atomic mass is 10.0. The highest BCUT2D eigenvalue weighted by atomic mass is 16.3. The van der Waals surface area contributed by atoms with Crippen molar-refractivity contribution in [3.05, 3.63) is 24.2 Å². The molecule has 1 aliphatic carbocycles. The highest BCUT2D eigenvalue weighted by molar-refractivity contribution is 5.19. The molecule has 1 aliphatic rings. The Morgan fingerprint density at radius 3 is 2.27 bits per heavy atom. The van der Waals surface area contributed by atoms with Gasteiger partial charge in [0.2, 0.25) is 0 Å². The summed E-state index contributed by atoms with van der Waals surface area (Å²) >= 11 is 0. The average Bonchev–Trinajstić information content (AvgIpc) is 2.65. The van der Waals surface area contributed by atoms with Gasteiger partial charge in [0.1, 0.15) is 5.76 Å². The van der Waals surface area contributed by atoms with Gasteiger partial charge in [0.15, 0.2) is 0 Å². The van der Waals surface area contributed by atoms with E-state index in [-0.39, 0.29) is 0 Å². The Balaban J connectivity index is 2.01. The quantitative estimate of drug-likeness (QED) is 0.822. The molecule has 1 aromatic rings. The second-order valence-corrected chi connectivity index (χ2v) is 5.78. The topological polar surface area (TPSA) is 25.2 Å². The fraction of sp³-hybridized carbons (Fsp3) is 0.692. The Labute approximate surface area is 92.1 Å². The molecule has 2 rings (SSSR count). The summed E-state index contributed by atoms with van der Waals surface area (Å²) in [5.74, 6) is 1.02. The van der Waals surface area contributed by atoms with Gasteiger partial charge in [-0.1, -0.05) is 27.7 Å². The van der Waals surface area contributed by atoms with E-state index in [1.807, 2.05) is 12.1 Å². The minimum absolute atomic E-state index is 0.297. The molecule has 84 valence electrons. The van der Waals surface area contributed by atoms with Crippen LogP contribution in [0.3, 0.4) is 0 Å². The summed E-state index contributed by atoms with van der Waals surface area (Å²) < 4.78 is 5.40. The molecule has 0 radical (unpaired) electrons. The van der Waals surface area contributed by atoms with E-state index in [0.29, 0.717) is 22.9 Å². The molecule has 1 unspecified atom stereocenters. The minimum atomic E-state index is 0.297. The molecule has 1 fully saturated rings. The zero-order chi connectivity index (χ0) is 11.3. The second-order valence-electron chi connectivity index (χ2n) is 5.78. The van der Waals surface area contributed by atoms with Gasteiger partial charge in [-0.2, -0.15) is 0 Å². The van der Waals surface area contributed by atoms with Crippen molar-refractivity contribution in [2.45, 2.75) is 46.7 Å². The van der Waals surface area contributed by atoms with Crippen LogP contribution in [0.5, 0.6) is 0 Å². The predicted octanol–water partition coefficient (Wildman–Crippen LogP) is 3.36. The summed E-state index contributed by atoms with van der Waals surface area (Å²) in [6.45, 7) is 11.4. The van der Waals surface area contributed by atoms with Gasteiger partial charge in [-0.05, 0) is 29.9 Å². The van der Waals surface area contributed by atoms with Crippen LogP contribution in [0.2, 0.25) is 0 Å². The number of furan rings is 1. The minimum Gasteiger partial charge on any atom is -0.468 e. The normalized spacial score (nSPS) is 25.1. The Morgan fingerprint density at radius 1 is 1.27 bits per heavy atom. The van der Waals surface area contributed by atoms with Crippen LogP contribution in [0, 0.1) is 10.8 Å². The molecule has 1 saturated carbocycles. The standard InChI is InChI=1S/C13H21NO/c1-9(10-7-6-8-15-10)14-11-12(2,3)13(11,4)5/h6-9,11,14H,1-5H3. The van der Waals surface area contributed by atoms with Crippen molar-refractivity contribution >= 4 is 0 Å². The molecular formula is C13H21NO. The fourth-order valence-corrected chi connectivity index (χ4v) is 2.48. The van der Waals surface area contributed by atoms with E-state index in [9.17, 15) is 0 Å². The Bertz CT molecular complexity index is 323. The summed E-state index contributed by atoms with van der Waals surface area (Å²) in [5, 5.41) is 3.64. The van der Waals surface area contributed by atoms with Crippen molar-refractivity contribution < 1.29 is 4.42 Å². The van der Waals surface area contributed by atoms with Crippen LogP contribution in [0.4, 0.5) is 0 Å². The van der Waals surface area contributed by atoms with E-state index in [2.05, 4.69) is 39.9 Å². The molecule has 0 bridgehead atoms. The van der Waals surface area contributed by atoms with Crippen LogP contribution in [0.15, 0.2) is 22.8 Å². The van der Waals surface area contributed by atoms with Gasteiger partial charge >= 0.3 is 0 Å². The molecule has 0 spiro atoms. The third-order valence-electron chi connectivity index (χ3n) is 4.41. The van der Waals surface area contributed by atoms with Gasteiger partial charge in [0.05, 0.1) is 12.3 Å². The molecule has 2 nitrogen and oxygen atoms in total. The molecule has 0 saturated heterocycles. The van der Waals surface area contributed by atoms with Crippen molar-refractivity contribution in [3.63, 3.8) is 0 Å². The molecule has 0 aromatic carbocycles. The Hall–Kier alpha value is -0.760. The maximum atomic E-state index is 5.40. The van der Waals surface area contributed by atoms with Gasteiger partial charge < -0.3 is 9.73 Å². The van der Waals surface area contributed by atoms with Crippen molar-refractivity contribution in [1.82, 2.24) is 5.32 Å². The number of nitrogens with one attached hydrogen (secondary N) is 1. The maximum Gasteiger partial charge on any atom is 0.120 e. The van der Waals surface area contributed by atoms with Crippen molar-refractivity contribution in [3.8, 4) is 0 Å². The molecule has 1 atom stereocenters. The first-order chi connectivity index (χ1) is 6.87. The van der Waals surface area contributed by atoms with E-state index < -0.39 is 0 Å². The summed E-state index contributed by atoms with van der Waals surface area (Å²) in [7, 11) is 0. The molecule has 15 heavy (non-hydrogen) atoms. The second kappa shape index (κ2) is 3.11. The molecular weight excluding hydrogens is 186 g/mol. The molecule has 0 aliphatic heterocycles. The lowest BCUT2D eigenvalue weighted by molar-refractivity contribution is 0.407. The van der Waals surface area contributed by atoms with E-state index in [4.69, 9.17) is 4.42 Å². The number of hydrogen-bond donors (Lipinski definition) is 1. The van der Waals surface area contributed by atoms with Gasteiger partial charge in [-0.15, -0.1) is 0 Å². The van der Waals surface area contributed by atoms with Gasteiger partial charge in [-0.3, -0.25) is 0 Å². The predicted molar refractivity (Wildman–Crippen MR) is 61.6 cm³/mol. The third-order valence-corrected chi connectivity index (χ3v) is 4.41. The van der Waals surface area contributed by atoms with Gasteiger partial charge in [0, 0.05) is 6.04 Å². The third kappa shape index (κ3) is 1.51. The highest BCUT2D eigenvalue weighted by Gasteiger charge is 2.64. The smallest absolute Gasteiger partial charge is 0.120 e. The Morgan fingerprint density at radius 2 is 1.87 bits per heavy atom. The summed E-state index contributed by atoms with van der Waals surface area (Å²) in [6.07, 6.45) is 1.73. The monoisotopic (exact) mass is 207 g/mol. The molecule has 1 aromatic heterocycles. The maximum absolute atomic E-state index is 5.40. The molecule has 1 heterocycles. The summed E-state index contributed by atoms with van der Waals surface area (Å²) in [4.78, 5) is 0. The largest absolute Gasteiger partial charge is 0.468 e. The van der Waals surface area contributed by atoms with Gasteiger partial charge in [-0.25, -0.2) is 0 Å². The fourth-order valence-electron chi connectivity index (χ4n) is 2.48. The van der Waals surface area contributed by atoms with Crippen LogP contribution in [-0.2, 0) is 0 Å². The zero-order valence-corrected chi connectivity index (χ0v) is 10.3. The molecule has 0 amide bonds. The van der Waals surface area contributed by atoms with Crippen molar-refractivity contribution in [2.75, 3.05) is 0 Å². The molecule has 2 heteroatoms. The van der Waals surface area contributed by atoms with E-state index >= 15 is 0 Å². The first-order valence-corrected chi connectivity index (χ1v) is 5.67. The van der Waals surface area contributed by atoms with Crippen LogP contribution in [0.25, 0.3) is 0 Å². The first-order valence-electron chi connectivity index (χ1n) is 5.67. The summed E-state index contributed by atoms with van der Waals surface area (Å²) in [6, 6.07) is 4.84. The number of hydrogen-bond acceptors (Lipinski definition) is 2. The first kappa shape index (κ1) is 10.7. The van der Waals surface area contributed by atoms with Crippen molar-refractivity contribution in [1.29, 1.82) is 0 Å². The van der Waals surface area contributed by atoms with Crippen LogP contribution >= 0.6 is 0 Å². The number of rotatable bonds is 3.